The number of carbonyl (C=O) groups excluding carboxylic acids is 1. The van der Waals surface area contributed by atoms with Gasteiger partial charge in [0.05, 0.1) is 6.54 Å². The Morgan fingerprint density at radius 1 is 1.23 bits per heavy atom. The van der Waals surface area contributed by atoms with Gasteiger partial charge >= 0.3 is 0 Å². The number of fused-ring (bicyclic) bond motifs is 2. The number of aliphatic hydroxyl groups excluding tert-OH is 1. The first-order valence-electron chi connectivity index (χ1n) is 10.3. The molecule has 4 rings (SSSR count). The monoisotopic (exact) mass is 438 g/mol. The number of nitrogens with zero attached hydrogens (tertiary/aromatic N) is 1. The first kappa shape index (κ1) is 21.1. The van der Waals surface area contributed by atoms with Crippen LogP contribution in [0.3, 0.4) is 0 Å². The Hall–Kier alpha value is -3.10. The number of guanidine groups is 1. The molecule has 1 atom stereocenters. The predicted molar refractivity (Wildman–Crippen MR) is 125 cm³/mol. The number of amides is 1. The molecule has 0 radical (unpaired) electrons. The number of benzene rings is 2. The van der Waals surface area contributed by atoms with Gasteiger partial charge in [-0.3, -0.25) is 9.79 Å². The van der Waals surface area contributed by atoms with Crippen LogP contribution in [0.5, 0.6) is 5.75 Å². The molecule has 0 fully saturated rings. The SMILES string of the molecule is CN=C(NCCOc1ccc2c(c1)CCC(=O)N2)NCC(O)c1cc2ccccc2s1. The number of aliphatic imine (C=N–C) groups is 1. The number of carbonyl (C=O) groups is 1. The number of rotatable bonds is 7. The van der Waals surface area contributed by atoms with Crippen LogP contribution in [0, 0.1) is 0 Å². The smallest absolute Gasteiger partial charge is 0.224 e. The number of nitrogens with one attached hydrogen (secondary N) is 3. The molecule has 1 amide bonds. The van der Waals surface area contributed by atoms with E-state index in [9.17, 15) is 9.90 Å². The molecule has 162 valence electrons. The number of hydrogen-bond acceptors (Lipinski definition) is 5. The summed E-state index contributed by atoms with van der Waals surface area (Å²) >= 11 is 1.60. The van der Waals surface area contributed by atoms with Crippen molar-refractivity contribution in [2.75, 3.05) is 32.1 Å². The van der Waals surface area contributed by atoms with E-state index in [1.807, 2.05) is 36.4 Å². The molecule has 8 heteroatoms. The highest BCUT2D eigenvalue weighted by Crippen LogP contribution is 2.29. The van der Waals surface area contributed by atoms with Gasteiger partial charge in [0.15, 0.2) is 5.96 Å². The summed E-state index contributed by atoms with van der Waals surface area (Å²) < 4.78 is 6.98. The van der Waals surface area contributed by atoms with Crippen molar-refractivity contribution in [1.29, 1.82) is 0 Å². The minimum absolute atomic E-state index is 0.0572. The van der Waals surface area contributed by atoms with Gasteiger partial charge in [-0.1, -0.05) is 18.2 Å². The highest BCUT2D eigenvalue weighted by molar-refractivity contribution is 7.19. The Kier molecular flexibility index (Phi) is 6.69. The maximum absolute atomic E-state index is 11.4. The molecule has 0 bridgehead atoms. The van der Waals surface area contributed by atoms with Gasteiger partial charge in [-0.2, -0.15) is 0 Å². The first-order valence-corrected chi connectivity index (χ1v) is 11.1. The molecule has 1 aromatic heterocycles. The minimum atomic E-state index is -0.608. The fourth-order valence-corrected chi connectivity index (χ4v) is 4.52. The minimum Gasteiger partial charge on any atom is -0.492 e. The van der Waals surface area contributed by atoms with E-state index in [1.54, 1.807) is 18.4 Å². The molecule has 0 spiro atoms. The van der Waals surface area contributed by atoms with E-state index in [-0.39, 0.29) is 5.91 Å². The number of aliphatic hydroxyl groups is 1. The van der Waals surface area contributed by atoms with Gasteiger partial charge in [-0.15, -0.1) is 11.3 Å². The second-order valence-electron chi connectivity index (χ2n) is 7.30. The van der Waals surface area contributed by atoms with E-state index in [2.05, 4.69) is 33.1 Å². The Bertz CT molecular complexity index is 1060. The molecule has 0 saturated carbocycles. The normalized spacial score (nSPS) is 14.6. The summed E-state index contributed by atoms with van der Waals surface area (Å²) in [4.78, 5) is 16.6. The molecule has 0 saturated heterocycles. The van der Waals surface area contributed by atoms with Crippen molar-refractivity contribution in [3.05, 3.63) is 59.0 Å². The molecular formula is C23H26N4O3S. The molecule has 2 aromatic carbocycles. The third kappa shape index (κ3) is 5.34. The quantitative estimate of drug-likeness (QED) is 0.258. The number of ether oxygens (including phenoxy) is 1. The van der Waals surface area contributed by atoms with E-state index in [1.165, 1.54) is 4.70 Å². The summed E-state index contributed by atoms with van der Waals surface area (Å²) in [5, 5.41) is 20.9. The third-order valence-corrected chi connectivity index (χ3v) is 6.31. The zero-order chi connectivity index (χ0) is 21.6. The van der Waals surface area contributed by atoms with Crippen LogP contribution in [0.25, 0.3) is 10.1 Å². The molecule has 1 aliphatic heterocycles. The number of anilines is 1. The lowest BCUT2D eigenvalue weighted by Crippen LogP contribution is -2.41. The van der Waals surface area contributed by atoms with E-state index >= 15 is 0 Å². The number of thiophene rings is 1. The van der Waals surface area contributed by atoms with Crippen LogP contribution in [0.15, 0.2) is 53.5 Å². The maximum Gasteiger partial charge on any atom is 0.224 e. The summed E-state index contributed by atoms with van der Waals surface area (Å²) in [6, 6.07) is 15.9. The van der Waals surface area contributed by atoms with Crippen molar-refractivity contribution >= 4 is 39.0 Å². The Morgan fingerprint density at radius 3 is 2.94 bits per heavy atom. The van der Waals surface area contributed by atoms with E-state index in [4.69, 9.17) is 4.74 Å². The van der Waals surface area contributed by atoms with Gasteiger partial charge < -0.3 is 25.8 Å². The fraction of sp³-hybridized carbons (Fsp3) is 0.304. The van der Waals surface area contributed by atoms with Crippen LogP contribution in [0.1, 0.15) is 23.0 Å². The van der Waals surface area contributed by atoms with Crippen molar-refractivity contribution in [2.24, 2.45) is 4.99 Å². The summed E-state index contributed by atoms with van der Waals surface area (Å²) in [6.07, 6.45) is 0.631. The summed E-state index contributed by atoms with van der Waals surface area (Å²) in [5.41, 5.74) is 1.96. The van der Waals surface area contributed by atoms with Crippen molar-refractivity contribution in [2.45, 2.75) is 18.9 Å². The van der Waals surface area contributed by atoms with Crippen LogP contribution < -0.4 is 20.7 Å². The lowest BCUT2D eigenvalue weighted by molar-refractivity contribution is -0.116. The predicted octanol–water partition coefficient (Wildman–Crippen LogP) is 3.06. The number of hydrogen-bond donors (Lipinski definition) is 4. The molecule has 7 nitrogen and oxygen atoms in total. The molecule has 2 heterocycles. The highest BCUT2D eigenvalue weighted by atomic mass is 32.1. The zero-order valence-electron chi connectivity index (χ0n) is 17.4. The van der Waals surface area contributed by atoms with Crippen LogP contribution in [-0.4, -0.2) is 43.7 Å². The van der Waals surface area contributed by atoms with E-state index in [0.29, 0.717) is 32.1 Å². The average Bonchev–Trinajstić information content (AvgIpc) is 3.23. The van der Waals surface area contributed by atoms with Crippen molar-refractivity contribution in [1.82, 2.24) is 10.6 Å². The van der Waals surface area contributed by atoms with Crippen molar-refractivity contribution < 1.29 is 14.6 Å². The first-order chi connectivity index (χ1) is 15.1. The second-order valence-corrected chi connectivity index (χ2v) is 8.41. The Balaban J connectivity index is 1.21. The number of aryl methyl sites for hydroxylation is 1. The molecule has 0 aliphatic carbocycles. The van der Waals surface area contributed by atoms with Gasteiger partial charge in [0, 0.05) is 35.3 Å². The molecule has 3 aromatic rings. The van der Waals surface area contributed by atoms with Gasteiger partial charge in [0.25, 0.3) is 0 Å². The van der Waals surface area contributed by atoms with Crippen LogP contribution in [-0.2, 0) is 11.2 Å². The fourth-order valence-electron chi connectivity index (χ4n) is 3.47. The van der Waals surface area contributed by atoms with Gasteiger partial charge in [-0.05, 0) is 47.7 Å². The summed E-state index contributed by atoms with van der Waals surface area (Å²) in [7, 11) is 1.69. The molecule has 1 aliphatic rings. The second kappa shape index (κ2) is 9.80. The van der Waals surface area contributed by atoms with Gasteiger partial charge in [0.2, 0.25) is 5.91 Å². The molecule has 1 unspecified atom stereocenters. The highest BCUT2D eigenvalue weighted by Gasteiger charge is 2.15. The lowest BCUT2D eigenvalue weighted by Gasteiger charge is -2.18. The van der Waals surface area contributed by atoms with E-state index in [0.717, 1.165) is 33.7 Å². The van der Waals surface area contributed by atoms with E-state index < -0.39 is 6.10 Å². The summed E-state index contributed by atoms with van der Waals surface area (Å²) in [6.45, 7) is 1.39. The largest absolute Gasteiger partial charge is 0.492 e. The maximum atomic E-state index is 11.4. The molecular weight excluding hydrogens is 412 g/mol. The summed E-state index contributed by atoms with van der Waals surface area (Å²) in [5.74, 6) is 1.44. The van der Waals surface area contributed by atoms with Gasteiger partial charge in [-0.25, -0.2) is 0 Å². The van der Waals surface area contributed by atoms with Crippen molar-refractivity contribution in [3.8, 4) is 5.75 Å². The van der Waals surface area contributed by atoms with Gasteiger partial charge in [0.1, 0.15) is 18.5 Å². The zero-order valence-corrected chi connectivity index (χ0v) is 18.2. The topological polar surface area (TPSA) is 95.0 Å². The lowest BCUT2D eigenvalue weighted by atomic mass is 10.0. The Labute approximate surface area is 185 Å². The van der Waals surface area contributed by atoms with Crippen molar-refractivity contribution in [3.63, 3.8) is 0 Å². The molecule has 4 N–H and O–H groups in total. The Morgan fingerprint density at radius 2 is 2.10 bits per heavy atom. The van der Waals surface area contributed by atoms with Crippen LogP contribution >= 0.6 is 11.3 Å². The molecule has 31 heavy (non-hydrogen) atoms. The third-order valence-electron chi connectivity index (χ3n) is 5.09. The average molecular weight is 439 g/mol. The standard InChI is InChI=1S/C23H26N4O3S/c1-24-23(26-14-19(28)21-13-16-4-2-3-5-20(16)31-21)25-10-11-30-17-7-8-18-15(12-17)6-9-22(29)27-18/h2-5,7-8,12-13,19,28H,6,9-11,14H2,1H3,(H,27,29)(H2,24,25,26). The van der Waals surface area contributed by atoms with Crippen LogP contribution in [0.2, 0.25) is 0 Å². The van der Waals surface area contributed by atoms with Crippen LogP contribution in [0.4, 0.5) is 5.69 Å².